The average Bonchev–Trinajstić information content (AvgIpc) is 3.29. The molecule has 3 amide bonds. The van der Waals surface area contributed by atoms with Crippen LogP contribution >= 0.6 is 0 Å². The molecule has 0 radical (unpaired) electrons. The predicted octanol–water partition coefficient (Wildman–Crippen LogP) is 3.66. The number of hydrogen-bond donors (Lipinski definition) is 2. The van der Waals surface area contributed by atoms with Crippen LogP contribution in [0.1, 0.15) is 70.8 Å². The molecule has 2 N–H and O–H groups in total. The maximum Gasteiger partial charge on any atom is 0.408 e. The van der Waals surface area contributed by atoms with Crippen LogP contribution in [0.2, 0.25) is 0 Å². The van der Waals surface area contributed by atoms with E-state index in [0.29, 0.717) is 25.4 Å². The maximum atomic E-state index is 13.7. The van der Waals surface area contributed by atoms with Crippen LogP contribution in [0.3, 0.4) is 0 Å². The summed E-state index contributed by atoms with van der Waals surface area (Å²) in [6.45, 7) is 5.42. The van der Waals surface area contributed by atoms with Crippen LogP contribution in [-0.2, 0) is 20.9 Å². The molecule has 196 valence electrons. The molecule has 8 heteroatoms. The zero-order chi connectivity index (χ0) is 25.3. The normalized spacial score (nSPS) is 31.4. The number of carbonyl (C=O) groups is 3. The van der Waals surface area contributed by atoms with E-state index in [2.05, 4.69) is 15.6 Å². The summed E-state index contributed by atoms with van der Waals surface area (Å²) in [5, 5.41) is 5.86. The number of hydrogen-bond acceptors (Lipinski definition) is 5. The van der Waals surface area contributed by atoms with Gasteiger partial charge in [0.15, 0.2) is 0 Å². The minimum Gasteiger partial charge on any atom is -0.445 e. The molecule has 0 spiro atoms. The zero-order valence-corrected chi connectivity index (χ0v) is 21.6. The molecule has 2 atom stereocenters. The lowest BCUT2D eigenvalue weighted by Gasteiger charge is -2.56. The van der Waals surface area contributed by atoms with E-state index < -0.39 is 12.1 Å². The van der Waals surface area contributed by atoms with Crippen LogP contribution < -0.4 is 10.6 Å². The summed E-state index contributed by atoms with van der Waals surface area (Å²) in [5.41, 5.74) is 0.688. The summed E-state index contributed by atoms with van der Waals surface area (Å²) in [6.07, 6.45) is 11.1. The lowest BCUT2D eigenvalue weighted by Crippen LogP contribution is -2.55. The number of alkyl carbamates (subject to hydrolysis) is 1. The third-order valence-corrected chi connectivity index (χ3v) is 8.75. The minimum absolute atomic E-state index is 0.0836. The number of likely N-dealkylation sites (tertiary alicyclic amines) is 1. The fraction of sp³-hybridized carbons (Fsp3) is 0.714. The Morgan fingerprint density at radius 1 is 1.08 bits per heavy atom. The Morgan fingerprint density at radius 2 is 1.72 bits per heavy atom. The highest BCUT2D eigenvalue weighted by Gasteiger charge is 2.56. The summed E-state index contributed by atoms with van der Waals surface area (Å²) in [7, 11) is 0. The lowest BCUT2D eigenvalue weighted by atomic mass is 9.49. The first-order chi connectivity index (χ1) is 17.3. The van der Waals surface area contributed by atoms with Crippen molar-refractivity contribution in [3.05, 3.63) is 30.1 Å². The van der Waals surface area contributed by atoms with Crippen LogP contribution in [0.25, 0.3) is 0 Å². The van der Waals surface area contributed by atoms with Gasteiger partial charge in [0.1, 0.15) is 12.6 Å². The average molecular weight is 497 g/mol. The molecule has 4 bridgehead atoms. The second kappa shape index (κ2) is 10.4. The Balaban J connectivity index is 1.14. The molecule has 8 nitrogen and oxygen atoms in total. The number of carbonyl (C=O) groups excluding carboxylic acids is 3. The molecule has 0 aromatic carbocycles. The highest BCUT2D eigenvalue weighted by Crippen LogP contribution is 2.60. The number of aromatic nitrogens is 1. The van der Waals surface area contributed by atoms with Crippen molar-refractivity contribution in [2.24, 2.45) is 29.1 Å². The van der Waals surface area contributed by atoms with Gasteiger partial charge >= 0.3 is 6.09 Å². The smallest absolute Gasteiger partial charge is 0.408 e. The quantitative estimate of drug-likeness (QED) is 0.572. The second-order valence-electron chi connectivity index (χ2n) is 12.2. The first-order valence-corrected chi connectivity index (χ1v) is 13.7. The second-order valence-corrected chi connectivity index (χ2v) is 12.2. The number of rotatable bonds is 8. The van der Waals surface area contributed by atoms with Crippen molar-refractivity contribution in [1.29, 1.82) is 0 Å². The van der Waals surface area contributed by atoms with Gasteiger partial charge in [-0.25, -0.2) is 4.79 Å². The van der Waals surface area contributed by atoms with E-state index in [1.807, 2.05) is 18.7 Å². The van der Waals surface area contributed by atoms with Crippen molar-refractivity contribution < 1.29 is 19.1 Å². The lowest BCUT2D eigenvalue weighted by molar-refractivity contribution is -0.156. The van der Waals surface area contributed by atoms with E-state index in [1.54, 1.807) is 24.5 Å². The van der Waals surface area contributed by atoms with Crippen molar-refractivity contribution in [3.8, 4) is 0 Å². The largest absolute Gasteiger partial charge is 0.445 e. The maximum absolute atomic E-state index is 13.7. The molecular weight excluding hydrogens is 456 g/mol. The Morgan fingerprint density at radius 3 is 2.33 bits per heavy atom. The van der Waals surface area contributed by atoms with Crippen molar-refractivity contribution >= 4 is 17.9 Å². The van der Waals surface area contributed by atoms with Crippen molar-refractivity contribution in [2.75, 3.05) is 13.1 Å². The molecule has 6 rings (SSSR count). The molecule has 5 aliphatic rings. The molecule has 2 heterocycles. The van der Waals surface area contributed by atoms with Crippen molar-refractivity contribution in [3.63, 3.8) is 0 Å². The van der Waals surface area contributed by atoms with Crippen LogP contribution in [0.15, 0.2) is 24.5 Å². The van der Waals surface area contributed by atoms with Gasteiger partial charge in [-0.1, -0.05) is 13.8 Å². The summed E-state index contributed by atoms with van der Waals surface area (Å²) < 4.78 is 5.32. The number of amides is 3. The van der Waals surface area contributed by atoms with Crippen LogP contribution in [0.5, 0.6) is 0 Å². The van der Waals surface area contributed by atoms with Crippen molar-refractivity contribution in [2.45, 2.75) is 83.9 Å². The first-order valence-electron chi connectivity index (χ1n) is 13.7. The Hall–Kier alpha value is -2.64. The topological polar surface area (TPSA) is 101 Å². The number of pyridine rings is 1. The molecule has 1 aromatic heterocycles. The molecule has 0 unspecified atom stereocenters. The monoisotopic (exact) mass is 496 g/mol. The van der Waals surface area contributed by atoms with E-state index in [1.165, 1.54) is 19.3 Å². The fourth-order valence-electron chi connectivity index (χ4n) is 7.59. The third-order valence-electron chi connectivity index (χ3n) is 8.75. The summed E-state index contributed by atoms with van der Waals surface area (Å²) in [4.78, 5) is 45.2. The van der Waals surface area contributed by atoms with Gasteiger partial charge in [-0.2, -0.15) is 0 Å². The summed E-state index contributed by atoms with van der Waals surface area (Å²) in [6, 6.07) is 2.80. The molecule has 1 aliphatic heterocycles. The molecule has 5 fully saturated rings. The van der Waals surface area contributed by atoms with E-state index >= 15 is 0 Å². The highest BCUT2D eigenvalue weighted by atomic mass is 16.5. The first kappa shape index (κ1) is 25.0. The SMILES string of the molecule is CC(C)C[C@H](NC(=O)OCc1ccncc1)C(=O)N[C@@H]1CCN(C(=O)C23CC4CC(CC(C4)C2)C3)C1. The van der Waals surface area contributed by atoms with E-state index in [0.717, 1.165) is 49.0 Å². The molecular formula is C28H40N4O4. The van der Waals surface area contributed by atoms with Gasteiger partial charge in [0.25, 0.3) is 0 Å². The van der Waals surface area contributed by atoms with E-state index in [-0.39, 0.29) is 29.9 Å². The molecule has 4 saturated carbocycles. The van der Waals surface area contributed by atoms with Crippen molar-refractivity contribution in [1.82, 2.24) is 20.5 Å². The Kier molecular flexibility index (Phi) is 7.22. The number of nitrogens with zero attached hydrogens (tertiary/aromatic N) is 2. The Bertz CT molecular complexity index is 930. The van der Waals surface area contributed by atoms with Gasteiger partial charge in [0, 0.05) is 31.5 Å². The molecule has 1 saturated heterocycles. The van der Waals surface area contributed by atoms with Gasteiger partial charge in [-0.05, 0) is 92.7 Å². The van der Waals surface area contributed by atoms with Gasteiger partial charge in [0.05, 0.1) is 5.41 Å². The number of ether oxygens (including phenoxy) is 1. The van der Waals surface area contributed by atoms with Gasteiger partial charge in [0.2, 0.25) is 11.8 Å². The van der Waals surface area contributed by atoms with Gasteiger partial charge in [-0.15, -0.1) is 0 Å². The van der Waals surface area contributed by atoms with E-state index in [4.69, 9.17) is 4.74 Å². The number of nitrogens with one attached hydrogen (secondary N) is 2. The standard InChI is InChI=1S/C28H40N4O4/c1-18(2)9-24(31-27(35)36-17-19-3-6-29-7-4-19)25(33)30-23-5-8-32(16-23)26(34)28-13-20-10-21(14-28)12-22(11-20)15-28/h3-4,6-7,18,20-24H,5,8-17H2,1-2H3,(H,30,33)(H,31,35)/t20?,21?,22?,23-,24+,28?/m1/s1. The summed E-state index contributed by atoms with van der Waals surface area (Å²) in [5.74, 6) is 2.55. The third kappa shape index (κ3) is 5.52. The highest BCUT2D eigenvalue weighted by molar-refractivity contribution is 5.86. The minimum atomic E-state index is -0.678. The molecule has 36 heavy (non-hydrogen) atoms. The Labute approximate surface area is 213 Å². The van der Waals surface area contributed by atoms with Crippen LogP contribution in [-0.4, -0.2) is 53.0 Å². The predicted molar refractivity (Wildman–Crippen MR) is 135 cm³/mol. The van der Waals surface area contributed by atoms with Crippen LogP contribution in [0.4, 0.5) is 4.79 Å². The fourth-order valence-corrected chi connectivity index (χ4v) is 7.59. The molecule has 4 aliphatic carbocycles. The molecule has 1 aromatic rings. The van der Waals surface area contributed by atoms with Crippen LogP contribution in [0, 0.1) is 29.1 Å². The zero-order valence-electron chi connectivity index (χ0n) is 21.6. The van der Waals surface area contributed by atoms with Gasteiger partial charge in [-0.3, -0.25) is 14.6 Å². The van der Waals surface area contributed by atoms with Gasteiger partial charge < -0.3 is 20.3 Å². The summed E-state index contributed by atoms with van der Waals surface area (Å²) >= 11 is 0. The van der Waals surface area contributed by atoms with E-state index in [9.17, 15) is 14.4 Å².